The first kappa shape index (κ1) is 22.1. The third-order valence-electron chi connectivity index (χ3n) is 4.95. The summed E-state index contributed by atoms with van der Waals surface area (Å²) in [6, 6.07) is 15.7. The summed E-state index contributed by atoms with van der Waals surface area (Å²) in [7, 11) is 1.93. The van der Waals surface area contributed by atoms with Crippen LogP contribution in [-0.2, 0) is 12.5 Å². The number of hydrogen-bond acceptors (Lipinski definition) is 5. The van der Waals surface area contributed by atoms with E-state index in [0.717, 1.165) is 22.3 Å². The summed E-state index contributed by atoms with van der Waals surface area (Å²) in [5.74, 6) is 1.62. The van der Waals surface area contributed by atoms with E-state index in [-0.39, 0.29) is 16.4 Å². The topological polar surface area (TPSA) is 57.0 Å². The lowest BCUT2D eigenvalue weighted by Gasteiger charge is -2.19. The number of carbonyl (C=O) groups excluding carboxylic acids is 1. The molecule has 0 amide bonds. The maximum absolute atomic E-state index is 12.8. The fraction of sp³-hybridized carbons (Fsp3) is 0.375. The SMILES string of the molecule is CCOc1ccc(C(=O)[C@@H](C)Sc2nnc(-c3ccc(C(C)(C)C)cc3)n2C)cc1. The van der Waals surface area contributed by atoms with Gasteiger partial charge < -0.3 is 9.30 Å². The second kappa shape index (κ2) is 9.04. The molecule has 158 valence electrons. The van der Waals surface area contributed by atoms with Gasteiger partial charge in [-0.1, -0.05) is 56.8 Å². The standard InChI is InChI=1S/C24H29N3O2S/c1-7-29-20-14-10-17(11-15-20)21(28)16(2)30-23-26-25-22(27(23)6)18-8-12-19(13-9-18)24(3,4)5/h8-16H,7H2,1-6H3/t16-/m1/s1. The van der Waals surface area contributed by atoms with Crippen molar-refractivity contribution >= 4 is 17.5 Å². The first-order valence-electron chi connectivity index (χ1n) is 10.1. The Hall–Kier alpha value is -2.60. The molecule has 0 spiro atoms. The zero-order chi connectivity index (χ0) is 21.9. The van der Waals surface area contributed by atoms with Gasteiger partial charge in [-0.2, -0.15) is 0 Å². The van der Waals surface area contributed by atoms with Crippen molar-refractivity contribution in [3.63, 3.8) is 0 Å². The van der Waals surface area contributed by atoms with E-state index in [4.69, 9.17) is 4.74 Å². The van der Waals surface area contributed by atoms with E-state index in [1.807, 2.05) is 49.7 Å². The van der Waals surface area contributed by atoms with Crippen molar-refractivity contribution in [3.8, 4) is 17.1 Å². The average Bonchev–Trinajstić information content (AvgIpc) is 3.08. The van der Waals surface area contributed by atoms with Crippen molar-refractivity contribution < 1.29 is 9.53 Å². The number of carbonyl (C=O) groups is 1. The Kier molecular flexibility index (Phi) is 6.66. The second-order valence-corrected chi connectivity index (χ2v) is 9.58. The van der Waals surface area contributed by atoms with Gasteiger partial charge in [-0.05, 0) is 49.1 Å². The number of ether oxygens (including phenoxy) is 1. The molecule has 5 nitrogen and oxygen atoms in total. The Balaban J connectivity index is 1.73. The van der Waals surface area contributed by atoms with Crippen LogP contribution in [0, 0.1) is 0 Å². The molecule has 0 unspecified atom stereocenters. The van der Waals surface area contributed by atoms with Gasteiger partial charge in [0.2, 0.25) is 0 Å². The molecule has 3 rings (SSSR count). The largest absolute Gasteiger partial charge is 0.494 e. The molecule has 0 aliphatic heterocycles. The molecule has 0 N–H and O–H groups in total. The molecule has 0 radical (unpaired) electrons. The summed E-state index contributed by atoms with van der Waals surface area (Å²) >= 11 is 1.42. The van der Waals surface area contributed by atoms with Crippen LogP contribution in [0.5, 0.6) is 5.75 Å². The number of thioether (sulfide) groups is 1. The number of aromatic nitrogens is 3. The van der Waals surface area contributed by atoms with E-state index in [1.165, 1.54) is 17.3 Å². The van der Waals surface area contributed by atoms with Crippen LogP contribution < -0.4 is 4.74 Å². The molecule has 1 heterocycles. The zero-order valence-corrected chi connectivity index (χ0v) is 19.3. The van der Waals surface area contributed by atoms with Crippen LogP contribution in [0.3, 0.4) is 0 Å². The first-order chi connectivity index (χ1) is 14.2. The van der Waals surface area contributed by atoms with Gasteiger partial charge in [0, 0.05) is 18.2 Å². The molecule has 1 aromatic heterocycles. The van der Waals surface area contributed by atoms with E-state index in [9.17, 15) is 4.79 Å². The van der Waals surface area contributed by atoms with E-state index in [1.54, 1.807) is 0 Å². The number of Topliss-reactive ketones (excluding diaryl/α,β-unsaturated/α-hetero) is 1. The molecule has 6 heteroatoms. The lowest BCUT2D eigenvalue weighted by atomic mass is 9.87. The molecular formula is C24H29N3O2S. The summed E-state index contributed by atoms with van der Waals surface area (Å²) in [6.07, 6.45) is 0. The second-order valence-electron chi connectivity index (χ2n) is 8.27. The fourth-order valence-corrected chi connectivity index (χ4v) is 4.01. The van der Waals surface area contributed by atoms with Gasteiger partial charge in [-0.15, -0.1) is 10.2 Å². The average molecular weight is 424 g/mol. The highest BCUT2D eigenvalue weighted by Gasteiger charge is 2.21. The van der Waals surface area contributed by atoms with E-state index < -0.39 is 0 Å². The van der Waals surface area contributed by atoms with Gasteiger partial charge in [-0.25, -0.2) is 0 Å². The molecule has 0 fully saturated rings. The maximum Gasteiger partial charge on any atom is 0.191 e. The minimum Gasteiger partial charge on any atom is -0.494 e. The van der Waals surface area contributed by atoms with Crippen molar-refractivity contribution in [3.05, 3.63) is 59.7 Å². The van der Waals surface area contributed by atoms with Crippen LogP contribution in [0.4, 0.5) is 0 Å². The van der Waals surface area contributed by atoms with Crippen LogP contribution in [0.2, 0.25) is 0 Å². The Morgan fingerprint density at radius 3 is 2.27 bits per heavy atom. The molecule has 0 aliphatic rings. The van der Waals surface area contributed by atoms with Crippen LogP contribution in [0.15, 0.2) is 53.7 Å². The normalized spacial score (nSPS) is 12.6. The number of ketones is 1. The first-order valence-corrected chi connectivity index (χ1v) is 11.0. The third kappa shape index (κ3) is 4.93. The van der Waals surface area contributed by atoms with Crippen molar-refractivity contribution in [2.75, 3.05) is 6.61 Å². The highest BCUT2D eigenvalue weighted by Crippen LogP contribution is 2.29. The molecular weight excluding hydrogens is 394 g/mol. The summed E-state index contributed by atoms with van der Waals surface area (Å²) in [5, 5.41) is 9.12. The Morgan fingerprint density at radius 2 is 1.70 bits per heavy atom. The Bertz CT molecular complexity index is 1000. The van der Waals surface area contributed by atoms with Crippen molar-refractivity contribution in [1.82, 2.24) is 14.8 Å². The van der Waals surface area contributed by atoms with Gasteiger partial charge in [0.25, 0.3) is 0 Å². The lowest BCUT2D eigenvalue weighted by Crippen LogP contribution is -2.14. The number of hydrogen-bond donors (Lipinski definition) is 0. The van der Waals surface area contributed by atoms with Crippen molar-refractivity contribution in [2.45, 2.75) is 50.4 Å². The molecule has 0 saturated carbocycles. The van der Waals surface area contributed by atoms with Crippen LogP contribution in [-0.4, -0.2) is 32.4 Å². The van der Waals surface area contributed by atoms with Gasteiger partial charge in [0.15, 0.2) is 16.8 Å². The van der Waals surface area contributed by atoms with Gasteiger partial charge in [0.05, 0.1) is 11.9 Å². The number of rotatable bonds is 7. The molecule has 30 heavy (non-hydrogen) atoms. The summed E-state index contributed by atoms with van der Waals surface area (Å²) in [5.41, 5.74) is 3.06. The predicted octanol–water partition coefficient (Wildman–Crippen LogP) is 5.54. The number of benzene rings is 2. The Labute approximate surface area is 182 Å². The highest BCUT2D eigenvalue weighted by molar-refractivity contribution is 8.00. The van der Waals surface area contributed by atoms with Crippen LogP contribution in [0.1, 0.15) is 50.5 Å². The van der Waals surface area contributed by atoms with Crippen LogP contribution in [0.25, 0.3) is 11.4 Å². The minimum absolute atomic E-state index is 0.0575. The molecule has 1 atom stereocenters. The third-order valence-corrected chi connectivity index (χ3v) is 6.08. The lowest BCUT2D eigenvalue weighted by molar-refractivity contribution is 0.0994. The van der Waals surface area contributed by atoms with Gasteiger partial charge in [-0.3, -0.25) is 4.79 Å². The van der Waals surface area contributed by atoms with E-state index in [2.05, 4.69) is 55.2 Å². The fourth-order valence-electron chi connectivity index (χ4n) is 3.12. The van der Waals surface area contributed by atoms with Gasteiger partial charge >= 0.3 is 0 Å². The van der Waals surface area contributed by atoms with Crippen LogP contribution >= 0.6 is 11.8 Å². The van der Waals surface area contributed by atoms with Gasteiger partial charge in [0.1, 0.15) is 5.75 Å². The highest BCUT2D eigenvalue weighted by atomic mass is 32.2. The molecule has 3 aromatic rings. The predicted molar refractivity (Wildman–Crippen MR) is 122 cm³/mol. The zero-order valence-electron chi connectivity index (χ0n) is 18.5. The summed E-state index contributed by atoms with van der Waals surface area (Å²) in [4.78, 5) is 12.8. The quantitative estimate of drug-likeness (QED) is 0.369. The van der Waals surface area contributed by atoms with Crippen molar-refractivity contribution in [2.24, 2.45) is 7.05 Å². The molecule has 0 saturated heterocycles. The molecule has 2 aromatic carbocycles. The number of nitrogens with zero attached hydrogens (tertiary/aromatic N) is 3. The maximum atomic E-state index is 12.8. The molecule has 0 aliphatic carbocycles. The van der Waals surface area contributed by atoms with E-state index >= 15 is 0 Å². The minimum atomic E-state index is -0.276. The van der Waals surface area contributed by atoms with Crippen molar-refractivity contribution in [1.29, 1.82) is 0 Å². The van der Waals surface area contributed by atoms with E-state index in [0.29, 0.717) is 12.2 Å². The molecule has 0 bridgehead atoms. The Morgan fingerprint density at radius 1 is 1.07 bits per heavy atom. The smallest absolute Gasteiger partial charge is 0.191 e. The summed E-state index contributed by atoms with van der Waals surface area (Å²) in [6.45, 7) is 11.0. The summed E-state index contributed by atoms with van der Waals surface area (Å²) < 4.78 is 7.39. The monoisotopic (exact) mass is 423 g/mol.